The fourth-order valence-corrected chi connectivity index (χ4v) is 5.36. The first-order valence-corrected chi connectivity index (χ1v) is 6.62. The van der Waals surface area contributed by atoms with E-state index in [-0.39, 0.29) is 24.4 Å². The van der Waals surface area contributed by atoms with Crippen molar-refractivity contribution in [2.45, 2.75) is 25.7 Å². The van der Waals surface area contributed by atoms with Crippen LogP contribution < -0.4 is 5.73 Å². The van der Waals surface area contributed by atoms with Crippen LogP contribution in [-0.2, 0) is 4.79 Å². The van der Waals surface area contributed by atoms with Crippen molar-refractivity contribution in [1.29, 1.82) is 0 Å². The highest BCUT2D eigenvalue weighted by Gasteiger charge is 2.69. The molecule has 96 valence electrons. The van der Waals surface area contributed by atoms with Gasteiger partial charge >= 0.3 is 5.97 Å². The highest BCUT2D eigenvalue weighted by molar-refractivity contribution is 5.68. The number of hydrogen-bond acceptors (Lipinski definition) is 2. The number of hydrogen-bond donors (Lipinski definition) is 2. The number of nitrogens with two attached hydrogens (primary N) is 1. The lowest BCUT2D eigenvalue weighted by Gasteiger charge is -2.61. The third-order valence-electron chi connectivity index (χ3n) is 5.95. The summed E-state index contributed by atoms with van der Waals surface area (Å²) in [5, 5.41) is 9.09. The van der Waals surface area contributed by atoms with Gasteiger partial charge in [0.15, 0.2) is 0 Å². The quantitative estimate of drug-likeness (QED) is 0.787. The third-order valence-corrected chi connectivity index (χ3v) is 5.95. The molecule has 3 saturated carbocycles. The van der Waals surface area contributed by atoms with Gasteiger partial charge in [-0.05, 0) is 60.8 Å². The maximum Gasteiger partial charge on any atom is 0.303 e. The van der Waals surface area contributed by atoms with Gasteiger partial charge in [0.2, 0.25) is 0 Å². The van der Waals surface area contributed by atoms with E-state index >= 15 is 0 Å². The molecule has 3 fully saturated rings. The molecule has 3 aliphatic rings. The Morgan fingerprint density at radius 3 is 2.76 bits per heavy atom. The molecule has 0 aromatic carbocycles. The molecule has 2 bridgehead atoms. The molecule has 6 unspecified atom stereocenters. The number of fused-ring (bicyclic) bond motifs is 1. The summed E-state index contributed by atoms with van der Waals surface area (Å²) in [6, 6.07) is 0. The minimum atomic E-state index is -0.749. The van der Waals surface area contributed by atoms with Crippen LogP contribution in [0.15, 0.2) is 0 Å². The van der Waals surface area contributed by atoms with E-state index in [4.69, 9.17) is 10.8 Å². The summed E-state index contributed by atoms with van der Waals surface area (Å²) < 4.78 is 13.1. The van der Waals surface area contributed by atoms with Crippen molar-refractivity contribution in [2.24, 2.45) is 40.7 Å². The monoisotopic (exact) mass is 241 g/mol. The van der Waals surface area contributed by atoms with Crippen LogP contribution in [0.2, 0.25) is 0 Å². The summed E-state index contributed by atoms with van der Waals surface area (Å²) in [4.78, 5) is 11.1. The molecule has 6 atom stereocenters. The lowest BCUT2D eigenvalue weighted by molar-refractivity contribution is -0.163. The minimum Gasteiger partial charge on any atom is -0.481 e. The standard InChI is InChI=1S/C13H20FNO2/c14-5-8-7-1-2-9-12(8)10(3-7)13(9,6-15)4-11(16)17/h7-10,12H,1-6,15H2,(H,16,17). The largest absolute Gasteiger partial charge is 0.481 e. The minimum absolute atomic E-state index is 0.182. The summed E-state index contributed by atoms with van der Waals surface area (Å²) in [6.07, 6.45) is 3.34. The second kappa shape index (κ2) is 3.67. The molecule has 0 aromatic rings. The molecule has 4 heteroatoms. The van der Waals surface area contributed by atoms with Crippen LogP contribution in [-0.4, -0.2) is 24.3 Å². The first kappa shape index (κ1) is 11.5. The summed E-state index contributed by atoms with van der Waals surface area (Å²) in [5.74, 6) is 1.12. The Bertz CT molecular complexity index is 340. The molecule has 0 radical (unpaired) electrons. The van der Waals surface area contributed by atoms with Gasteiger partial charge in [-0.1, -0.05) is 0 Å². The second-order valence-electron chi connectivity index (χ2n) is 6.19. The summed E-state index contributed by atoms with van der Waals surface area (Å²) in [5.41, 5.74) is 5.67. The van der Waals surface area contributed by atoms with E-state index in [2.05, 4.69) is 0 Å². The predicted octanol–water partition coefficient (Wildman–Crippen LogP) is 1.67. The van der Waals surface area contributed by atoms with Gasteiger partial charge in [-0.15, -0.1) is 0 Å². The van der Waals surface area contributed by atoms with Gasteiger partial charge < -0.3 is 10.8 Å². The maximum atomic E-state index is 13.1. The summed E-state index contributed by atoms with van der Waals surface area (Å²) >= 11 is 0. The number of carboxylic acid groups (broad SMARTS) is 1. The number of carbonyl (C=O) groups is 1. The molecule has 3 aliphatic carbocycles. The van der Waals surface area contributed by atoms with E-state index < -0.39 is 5.97 Å². The molecule has 3 N–H and O–H groups in total. The first-order chi connectivity index (χ1) is 8.14. The van der Waals surface area contributed by atoms with Crippen LogP contribution in [0.25, 0.3) is 0 Å². The maximum absolute atomic E-state index is 13.1. The first-order valence-electron chi connectivity index (χ1n) is 6.62. The van der Waals surface area contributed by atoms with E-state index in [1.54, 1.807) is 0 Å². The van der Waals surface area contributed by atoms with E-state index in [1.807, 2.05) is 0 Å². The Kier molecular flexibility index (Phi) is 2.47. The Balaban J connectivity index is 1.89. The van der Waals surface area contributed by atoms with Crippen LogP contribution in [0.3, 0.4) is 0 Å². The van der Waals surface area contributed by atoms with Crippen LogP contribution in [0.1, 0.15) is 25.7 Å². The Hall–Kier alpha value is -0.640. The van der Waals surface area contributed by atoms with Gasteiger partial charge in [0.25, 0.3) is 0 Å². The molecule has 0 heterocycles. The number of alkyl halides is 1. The number of aliphatic carboxylic acids is 1. The fourth-order valence-electron chi connectivity index (χ4n) is 5.36. The third kappa shape index (κ3) is 1.28. The van der Waals surface area contributed by atoms with Crippen LogP contribution >= 0.6 is 0 Å². The van der Waals surface area contributed by atoms with Gasteiger partial charge in [0.05, 0.1) is 13.1 Å². The van der Waals surface area contributed by atoms with Crippen molar-refractivity contribution in [3.05, 3.63) is 0 Å². The Morgan fingerprint density at radius 1 is 1.41 bits per heavy atom. The average molecular weight is 241 g/mol. The molecule has 0 spiro atoms. The number of carboxylic acids is 1. The fraction of sp³-hybridized carbons (Fsp3) is 0.923. The van der Waals surface area contributed by atoms with Crippen molar-refractivity contribution < 1.29 is 14.3 Å². The van der Waals surface area contributed by atoms with Gasteiger partial charge in [-0.2, -0.15) is 0 Å². The highest BCUT2D eigenvalue weighted by Crippen LogP contribution is 2.72. The zero-order valence-corrected chi connectivity index (χ0v) is 9.94. The molecular formula is C13H20FNO2. The van der Waals surface area contributed by atoms with Gasteiger partial charge in [0.1, 0.15) is 0 Å². The Labute approximate surface area is 101 Å². The molecule has 0 amide bonds. The molecular weight excluding hydrogens is 221 g/mol. The van der Waals surface area contributed by atoms with Crippen molar-refractivity contribution in [2.75, 3.05) is 13.2 Å². The highest BCUT2D eigenvalue weighted by atomic mass is 19.1. The van der Waals surface area contributed by atoms with Crippen LogP contribution in [0.4, 0.5) is 4.39 Å². The van der Waals surface area contributed by atoms with E-state index in [9.17, 15) is 9.18 Å². The van der Waals surface area contributed by atoms with Crippen LogP contribution in [0.5, 0.6) is 0 Å². The van der Waals surface area contributed by atoms with Crippen molar-refractivity contribution in [1.82, 2.24) is 0 Å². The zero-order chi connectivity index (χ0) is 12.2. The zero-order valence-electron chi connectivity index (χ0n) is 9.94. The molecule has 0 aromatic heterocycles. The lowest BCUT2D eigenvalue weighted by atomic mass is 9.44. The Morgan fingerprint density at radius 2 is 2.18 bits per heavy atom. The number of rotatable bonds is 4. The molecule has 17 heavy (non-hydrogen) atoms. The van der Waals surface area contributed by atoms with Crippen molar-refractivity contribution in [3.8, 4) is 0 Å². The normalized spacial score (nSPS) is 51.1. The molecule has 0 aliphatic heterocycles. The van der Waals surface area contributed by atoms with Gasteiger partial charge in [-0.3, -0.25) is 9.18 Å². The summed E-state index contributed by atoms with van der Waals surface area (Å²) in [6.45, 7) is 0.229. The van der Waals surface area contributed by atoms with Crippen LogP contribution in [0, 0.1) is 35.0 Å². The molecule has 3 nitrogen and oxygen atoms in total. The lowest BCUT2D eigenvalue weighted by Crippen LogP contribution is -2.61. The summed E-state index contributed by atoms with van der Waals surface area (Å²) in [7, 11) is 0. The molecule has 3 rings (SSSR count). The van der Waals surface area contributed by atoms with Crippen molar-refractivity contribution in [3.63, 3.8) is 0 Å². The van der Waals surface area contributed by atoms with Gasteiger partial charge in [0, 0.05) is 0 Å². The second-order valence-corrected chi connectivity index (χ2v) is 6.19. The number of halogens is 1. The average Bonchev–Trinajstić information content (AvgIpc) is 2.45. The predicted molar refractivity (Wildman–Crippen MR) is 61.0 cm³/mol. The van der Waals surface area contributed by atoms with Gasteiger partial charge in [-0.25, -0.2) is 0 Å². The topological polar surface area (TPSA) is 63.3 Å². The smallest absolute Gasteiger partial charge is 0.303 e. The van der Waals surface area contributed by atoms with E-state index in [1.165, 1.54) is 0 Å². The molecule has 0 saturated heterocycles. The van der Waals surface area contributed by atoms with E-state index in [0.717, 1.165) is 19.3 Å². The SMILES string of the molecule is NCC1(CC(=O)O)C2CCC3CC1C2C3CF. The van der Waals surface area contributed by atoms with Crippen molar-refractivity contribution >= 4 is 5.97 Å². The van der Waals surface area contributed by atoms with E-state index in [0.29, 0.717) is 30.2 Å².